The molecule has 1 aromatic heterocycles. The zero-order valence-corrected chi connectivity index (χ0v) is 11.2. The summed E-state index contributed by atoms with van der Waals surface area (Å²) in [5.41, 5.74) is 1.79. The zero-order chi connectivity index (χ0) is 14.7. The molecule has 2 heterocycles. The van der Waals surface area contributed by atoms with Gasteiger partial charge in [0.25, 0.3) is 5.69 Å². The van der Waals surface area contributed by atoms with E-state index in [1.54, 1.807) is 30.5 Å². The monoisotopic (exact) mass is 286 g/mol. The Balaban J connectivity index is 1.85. The molecule has 0 radical (unpaired) electrons. The number of nitrogens with zero attached hydrogens (tertiary/aromatic N) is 3. The fraction of sp³-hybridized carbons (Fsp3) is 0.286. The van der Waals surface area contributed by atoms with E-state index in [2.05, 4.69) is 15.5 Å². The summed E-state index contributed by atoms with van der Waals surface area (Å²) in [6.07, 6.45) is 2.69. The predicted molar refractivity (Wildman–Crippen MR) is 77.0 cm³/mol. The Labute approximate surface area is 121 Å². The van der Waals surface area contributed by atoms with Crippen molar-refractivity contribution in [2.45, 2.75) is 12.5 Å². The molecule has 7 heteroatoms. The third kappa shape index (κ3) is 2.97. The fourth-order valence-electron chi connectivity index (χ4n) is 2.12. The lowest BCUT2D eigenvalue weighted by molar-refractivity contribution is -0.383. The standard InChI is InChI=1S/C14H14N4O3/c19-18(20)14-8-10(12-2-1-6-16-17-12)3-4-13(14)15-9-11-5-7-21-11/h1-4,6,8,11,15H,5,7,9H2. The summed E-state index contributed by atoms with van der Waals surface area (Å²) in [4.78, 5) is 10.8. The van der Waals surface area contributed by atoms with Crippen LogP contribution in [0.25, 0.3) is 11.3 Å². The lowest BCUT2D eigenvalue weighted by atomic mass is 10.1. The van der Waals surface area contributed by atoms with Gasteiger partial charge in [-0.25, -0.2) is 0 Å². The van der Waals surface area contributed by atoms with Crippen LogP contribution in [0.2, 0.25) is 0 Å². The second-order valence-electron chi connectivity index (χ2n) is 4.76. The van der Waals surface area contributed by atoms with Gasteiger partial charge in [-0.3, -0.25) is 10.1 Å². The number of nitrogens with one attached hydrogen (secondary N) is 1. The summed E-state index contributed by atoms with van der Waals surface area (Å²) >= 11 is 0. The molecule has 3 rings (SSSR count). The lowest BCUT2D eigenvalue weighted by Gasteiger charge is -2.26. The molecule has 0 aliphatic carbocycles. The number of hydrogen-bond donors (Lipinski definition) is 1. The summed E-state index contributed by atoms with van der Waals surface area (Å²) in [7, 11) is 0. The highest BCUT2D eigenvalue weighted by Gasteiger charge is 2.20. The first-order valence-corrected chi connectivity index (χ1v) is 6.66. The van der Waals surface area contributed by atoms with Crippen LogP contribution >= 0.6 is 0 Å². The van der Waals surface area contributed by atoms with Crippen molar-refractivity contribution in [3.8, 4) is 11.3 Å². The van der Waals surface area contributed by atoms with Gasteiger partial charge < -0.3 is 10.1 Å². The first kappa shape index (κ1) is 13.4. The molecule has 0 saturated carbocycles. The Morgan fingerprint density at radius 3 is 2.90 bits per heavy atom. The van der Waals surface area contributed by atoms with E-state index in [4.69, 9.17) is 4.74 Å². The second kappa shape index (κ2) is 5.84. The molecular weight excluding hydrogens is 272 g/mol. The summed E-state index contributed by atoms with van der Waals surface area (Å²) in [6.45, 7) is 1.34. The Kier molecular flexibility index (Phi) is 3.74. The van der Waals surface area contributed by atoms with E-state index in [1.165, 1.54) is 6.07 Å². The molecule has 1 aliphatic heterocycles. The minimum absolute atomic E-state index is 0.0254. The van der Waals surface area contributed by atoms with E-state index < -0.39 is 4.92 Å². The number of benzene rings is 1. The molecule has 1 fully saturated rings. The molecule has 108 valence electrons. The lowest BCUT2D eigenvalue weighted by Crippen LogP contribution is -2.33. The molecule has 2 aromatic rings. The summed E-state index contributed by atoms with van der Waals surface area (Å²) < 4.78 is 5.30. The first-order chi connectivity index (χ1) is 10.2. The highest BCUT2D eigenvalue weighted by molar-refractivity contribution is 5.71. The Morgan fingerprint density at radius 1 is 1.43 bits per heavy atom. The molecule has 1 aromatic carbocycles. The van der Waals surface area contributed by atoms with Crippen LogP contribution in [0.5, 0.6) is 0 Å². The molecule has 1 aliphatic rings. The van der Waals surface area contributed by atoms with E-state index in [0.29, 0.717) is 23.5 Å². The van der Waals surface area contributed by atoms with E-state index in [-0.39, 0.29) is 11.8 Å². The SMILES string of the molecule is O=[N+]([O-])c1cc(-c2cccnn2)ccc1NCC1CCO1. The van der Waals surface area contributed by atoms with Crippen molar-refractivity contribution >= 4 is 11.4 Å². The second-order valence-corrected chi connectivity index (χ2v) is 4.76. The number of nitro benzene ring substituents is 1. The van der Waals surface area contributed by atoms with Crippen LogP contribution in [0.3, 0.4) is 0 Å². The molecule has 1 unspecified atom stereocenters. The number of rotatable bonds is 5. The van der Waals surface area contributed by atoms with Gasteiger partial charge in [-0.2, -0.15) is 10.2 Å². The molecule has 7 nitrogen and oxygen atoms in total. The maximum atomic E-state index is 11.2. The molecule has 1 saturated heterocycles. The molecular formula is C14H14N4O3. The van der Waals surface area contributed by atoms with Gasteiger partial charge in [0.2, 0.25) is 0 Å². The normalized spacial score (nSPS) is 17.0. The van der Waals surface area contributed by atoms with Crippen LogP contribution in [0.1, 0.15) is 6.42 Å². The Morgan fingerprint density at radius 2 is 2.29 bits per heavy atom. The number of hydrogen-bond acceptors (Lipinski definition) is 6. The van der Waals surface area contributed by atoms with Crippen molar-refractivity contribution in [3.63, 3.8) is 0 Å². The van der Waals surface area contributed by atoms with Gasteiger partial charge >= 0.3 is 0 Å². The maximum Gasteiger partial charge on any atom is 0.292 e. The first-order valence-electron chi connectivity index (χ1n) is 6.66. The van der Waals surface area contributed by atoms with E-state index >= 15 is 0 Å². The van der Waals surface area contributed by atoms with Crippen molar-refractivity contribution in [1.82, 2.24) is 10.2 Å². The largest absolute Gasteiger partial charge is 0.377 e. The average Bonchev–Trinajstić information content (AvgIpc) is 2.46. The molecule has 0 amide bonds. The maximum absolute atomic E-state index is 11.2. The smallest absolute Gasteiger partial charge is 0.292 e. The molecule has 1 N–H and O–H groups in total. The van der Waals surface area contributed by atoms with Crippen LogP contribution in [0.4, 0.5) is 11.4 Å². The van der Waals surface area contributed by atoms with Crippen LogP contribution in [0, 0.1) is 10.1 Å². The minimum Gasteiger partial charge on any atom is -0.377 e. The molecule has 0 bridgehead atoms. The molecule has 1 atom stereocenters. The highest BCUT2D eigenvalue weighted by Crippen LogP contribution is 2.30. The van der Waals surface area contributed by atoms with Crippen LogP contribution in [-0.2, 0) is 4.74 Å². The Hall–Kier alpha value is -2.54. The van der Waals surface area contributed by atoms with Gasteiger partial charge in [-0.05, 0) is 24.6 Å². The van der Waals surface area contributed by atoms with Gasteiger partial charge in [0.15, 0.2) is 0 Å². The average molecular weight is 286 g/mol. The number of nitro groups is 1. The number of anilines is 1. The molecule has 21 heavy (non-hydrogen) atoms. The van der Waals surface area contributed by atoms with Crippen molar-refractivity contribution in [2.24, 2.45) is 0 Å². The summed E-state index contributed by atoms with van der Waals surface area (Å²) in [5, 5.41) is 22.1. The van der Waals surface area contributed by atoms with Crippen molar-refractivity contribution in [2.75, 3.05) is 18.5 Å². The third-order valence-corrected chi connectivity index (χ3v) is 3.38. The van der Waals surface area contributed by atoms with E-state index in [0.717, 1.165) is 13.0 Å². The van der Waals surface area contributed by atoms with Crippen LogP contribution in [-0.4, -0.2) is 34.4 Å². The van der Waals surface area contributed by atoms with Gasteiger partial charge in [-0.15, -0.1) is 0 Å². The summed E-state index contributed by atoms with van der Waals surface area (Å²) in [6, 6.07) is 8.51. The van der Waals surface area contributed by atoms with E-state index in [1.807, 2.05) is 0 Å². The van der Waals surface area contributed by atoms with Crippen LogP contribution < -0.4 is 5.32 Å². The highest BCUT2D eigenvalue weighted by atomic mass is 16.6. The number of ether oxygens (including phenoxy) is 1. The van der Waals surface area contributed by atoms with Gasteiger partial charge in [0, 0.05) is 31.0 Å². The minimum atomic E-state index is -0.399. The molecule has 0 spiro atoms. The van der Waals surface area contributed by atoms with Crippen molar-refractivity contribution < 1.29 is 9.66 Å². The fourth-order valence-corrected chi connectivity index (χ4v) is 2.12. The summed E-state index contributed by atoms with van der Waals surface area (Å²) in [5.74, 6) is 0. The van der Waals surface area contributed by atoms with E-state index in [9.17, 15) is 10.1 Å². The number of aromatic nitrogens is 2. The topological polar surface area (TPSA) is 90.2 Å². The van der Waals surface area contributed by atoms with Gasteiger partial charge in [0.05, 0.1) is 16.7 Å². The van der Waals surface area contributed by atoms with Gasteiger partial charge in [0.1, 0.15) is 5.69 Å². The zero-order valence-electron chi connectivity index (χ0n) is 11.2. The van der Waals surface area contributed by atoms with Crippen molar-refractivity contribution in [3.05, 3.63) is 46.6 Å². The quantitative estimate of drug-likeness (QED) is 0.669. The predicted octanol–water partition coefficient (Wildman–Crippen LogP) is 2.25. The van der Waals surface area contributed by atoms with Crippen LogP contribution in [0.15, 0.2) is 36.5 Å². The van der Waals surface area contributed by atoms with Crippen molar-refractivity contribution in [1.29, 1.82) is 0 Å². The third-order valence-electron chi connectivity index (χ3n) is 3.38. The Bertz CT molecular complexity index is 644. The van der Waals surface area contributed by atoms with Gasteiger partial charge in [-0.1, -0.05) is 6.07 Å².